The molecule has 1 rings (SSSR count). The van der Waals surface area contributed by atoms with E-state index in [1.807, 2.05) is 6.92 Å². The topological polar surface area (TPSA) is 34.4 Å². The second-order valence-corrected chi connectivity index (χ2v) is 5.60. The van der Waals surface area contributed by atoms with Gasteiger partial charge in [0, 0.05) is 0 Å². The summed E-state index contributed by atoms with van der Waals surface area (Å²) in [6, 6.07) is 2.06. The van der Waals surface area contributed by atoms with Gasteiger partial charge in [-0.3, -0.25) is 0 Å². The van der Waals surface area contributed by atoms with Gasteiger partial charge >= 0.3 is 0 Å². The molecule has 0 aliphatic heterocycles. The second-order valence-electron chi connectivity index (χ2n) is 5.60. The zero-order chi connectivity index (χ0) is 14.3. The van der Waals surface area contributed by atoms with E-state index in [9.17, 15) is 0 Å². The number of furan rings is 1. The number of aryl methyl sites for hydroxylation is 1. The van der Waals surface area contributed by atoms with E-state index in [4.69, 9.17) is 9.15 Å². The van der Waals surface area contributed by atoms with Gasteiger partial charge in [0.25, 0.3) is 0 Å². The molecule has 1 aromatic rings. The van der Waals surface area contributed by atoms with Gasteiger partial charge in [-0.25, -0.2) is 0 Å². The summed E-state index contributed by atoms with van der Waals surface area (Å²) in [6.45, 7) is 15.4. The van der Waals surface area contributed by atoms with Crippen LogP contribution < -0.4 is 5.32 Å². The summed E-state index contributed by atoms with van der Waals surface area (Å²) >= 11 is 0. The molecule has 0 spiro atoms. The van der Waals surface area contributed by atoms with Crippen LogP contribution in [0.2, 0.25) is 0 Å². The normalized spacial score (nSPS) is 11.2. The summed E-state index contributed by atoms with van der Waals surface area (Å²) in [4.78, 5) is 0. The third-order valence-electron chi connectivity index (χ3n) is 2.83. The van der Waals surface area contributed by atoms with Crippen molar-refractivity contribution >= 4 is 0 Å². The first-order valence-corrected chi connectivity index (χ1v) is 7.00. The third-order valence-corrected chi connectivity index (χ3v) is 2.83. The Morgan fingerprint density at radius 3 is 2.84 bits per heavy atom. The highest BCUT2D eigenvalue weighted by Gasteiger charge is 2.07. The van der Waals surface area contributed by atoms with E-state index in [-0.39, 0.29) is 0 Å². The Bertz CT molecular complexity index is 393. The van der Waals surface area contributed by atoms with Crippen molar-refractivity contribution < 1.29 is 9.15 Å². The van der Waals surface area contributed by atoms with Gasteiger partial charge in [-0.2, -0.15) is 0 Å². The van der Waals surface area contributed by atoms with Crippen molar-refractivity contribution in [2.45, 2.75) is 47.3 Å². The molecule has 0 radical (unpaired) electrons. The van der Waals surface area contributed by atoms with Crippen LogP contribution in [0.25, 0.3) is 0 Å². The Balaban J connectivity index is 2.34. The first-order chi connectivity index (χ1) is 8.99. The maximum absolute atomic E-state index is 5.79. The Kier molecular flexibility index (Phi) is 6.89. The van der Waals surface area contributed by atoms with Gasteiger partial charge in [-0.1, -0.05) is 19.4 Å². The number of hydrogen-bond acceptors (Lipinski definition) is 3. The van der Waals surface area contributed by atoms with E-state index in [1.165, 1.54) is 5.56 Å². The van der Waals surface area contributed by atoms with Gasteiger partial charge < -0.3 is 14.5 Å². The molecule has 108 valence electrons. The minimum absolute atomic E-state index is 0.540. The van der Waals surface area contributed by atoms with Crippen LogP contribution in [-0.2, 0) is 17.9 Å². The highest BCUT2D eigenvalue weighted by Crippen LogP contribution is 2.15. The standard InChI is InChI=1S/C16H27NO2/c1-12(2)6-7-18-11-15-8-14(5)16(19-15)10-17-9-13(3)4/h8,13,17H,1,6-7,9-11H2,2-5H3. The molecule has 0 saturated carbocycles. The van der Waals surface area contributed by atoms with Crippen LogP contribution >= 0.6 is 0 Å². The molecule has 1 heterocycles. The molecular formula is C16H27NO2. The first-order valence-electron chi connectivity index (χ1n) is 7.00. The molecular weight excluding hydrogens is 238 g/mol. The summed E-state index contributed by atoms with van der Waals surface area (Å²) in [6.07, 6.45) is 0.905. The molecule has 1 aromatic heterocycles. The fraction of sp³-hybridized carbons (Fsp3) is 0.625. The van der Waals surface area contributed by atoms with Gasteiger partial charge in [0.05, 0.1) is 13.2 Å². The highest BCUT2D eigenvalue weighted by molar-refractivity contribution is 5.19. The minimum atomic E-state index is 0.540. The summed E-state index contributed by atoms with van der Waals surface area (Å²) in [5.41, 5.74) is 2.34. The molecule has 3 heteroatoms. The van der Waals surface area contributed by atoms with Crippen LogP contribution in [0.5, 0.6) is 0 Å². The zero-order valence-corrected chi connectivity index (χ0v) is 12.7. The maximum Gasteiger partial charge on any atom is 0.130 e. The van der Waals surface area contributed by atoms with E-state index in [0.29, 0.717) is 19.1 Å². The lowest BCUT2D eigenvalue weighted by atomic mass is 10.2. The van der Waals surface area contributed by atoms with Crippen LogP contribution in [0.3, 0.4) is 0 Å². The minimum Gasteiger partial charge on any atom is -0.462 e. The number of rotatable bonds is 9. The lowest BCUT2D eigenvalue weighted by Crippen LogP contribution is -2.18. The SMILES string of the molecule is C=C(C)CCOCc1cc(C)c(CNCC(C)C)o1. The van der Waals surface area contributed by atoms with Crippen LogP contribution in [0.4, 0.5) is 0 Å². The van der Waals surface area contributed by atoms with Gasteiger partial charge in [-0.15, -0.1) is 6.58 Å². The van der Waals surface area contributed by atoms with Gasteiger partial charge in [-0.05, 0) is 44.4 Å². The molecule has 0 unspecified atom stereocenters. The molecule has 0 aliphatic carbocycles. The van der Waals surface area contributed by atoms with Crippen LogP contribution in [0, 0.1) is 12.8 Å². The molecule has 0 aliphatic rings. The molecule has 0 amide bonds. The molecule has 0 aromatic carbocycles. The van der Waals surface area contributed by atoms with Crippen molar-refractivity contribution in [3.8, 4) is 0 Å². The lowest BCUT2D eigenvalue weighted by molar-refractivity contribution is 0.108. The quantitative estimate of drug-likeness (QED) is 0.544. The Labute approximate surface area is 117 Å². The molecule has 19 heavy (non-hydrogen) atoms. The molecule has 1 N–H and O–H groups in total. The van der Waals surface area contributed by atoms with Gasteiger partial charge in [0.2, 0.25) is 0 Å². The highest BCUT2D eigenvalue weighted by atomic mass is 16.5. The van der Waals surface area contributed by atoms with Crippen molar-refractivity contribution in [1.82, 2.24) is 5.32 Å². The predicted molar refractivity (Wildman–Crippen MR) is 79.1 cm³/mol. The average Bonchev–Trinajstić information content (AvgIpc) is 2.65. The van der Waals surface area contributed by atoms with Crippen molar-refractivity contribution in [3.05, 3.63) is 35.3 Å². The Morgan fingerprint density at radius 2 is 2.21 bits per heavy atom. The molecule has 0 atom stereocenters. The predicted octanol–water partition coefficient (Wildman–Crippen LogP) is 3.82. The van der Waals surface area contributed by atoms with Gasteiger partial charge in [0.1, 0.15) is 18.1 Å². The van der Waals surface area contributed by atoms with Crippen LogP contribution in [0.15, 0.2) is 22.6 Å². The van der Waals surface area contributed by atoms with Gasteiger partial charge in [0.15, 0.2) is 0 Å². The zero-order valence-electron chi connectivity index (χ0n) is 12.7. The monoisotopic (exact) mass is 265 g/mol. The maximum atomic E-state index is 5.79. The van der Waals surface area contributed by atoms with Crippen molar-refractivity contribution in [3.63, 3.8) is 0 Å². The second kappa shape index (κ2) is 8.18. The Morgan fingerprint density at radius 1 is 1.47 bits per heavy atom. The van der Waals surface area contributed by atoms with Crippen LogP contribution in [0.1, 0.15) is 44.3 Å². The lowest BCUT2D eigenvalue weighted by Gasteiger charge is -2.06. The summed E-state index contributed by atoms with van der Waals surface area (Å²) in [5.74, 6) is 2.57. The third kappa shape index (κ3) is 6.60. The Hall–Kier alpha value is -1.06. The van der Waals surface area contributed by atoms with E-state index < -0.39 is 0 Å². The summed E-state index contributed by atoms with van der Waals surface area (Å²) in [5, 5.41) is 3.39. The average molecular weight is 265 g/mol. The van der Waals surface area contributed by atoms with Crippen molar-refractivity contribution in [2.24, 2.45) is 5.92 Å². The van der Waals surface area contributed by atoms with E-state index in [0.717, 1.165) is 36.6 Å². The van der Waals surface area contributed by atoms with E-state index in [1.54, 1.807) is 0 Å². The fourth-order valence-corrected chi connectivity index (χ4v) is 1.73. The van der Waals surface area contributed by atoms with Crippen molar-refractivity contribution in [2.75, 3.05) is 13.2 Å². The molecule has 0 saturated heterocycles. The van der Waals surface area contributed by atoms with E-state index >= 15 is 0 Å². The molecule has 0 fully saturated rings. The first kappa shape index (κ1) is 16.0. The molecule has 0 bridgehead atoms. The fourth-order valence-electron chi connectivity index (χ4n) is 1.73. The summed E-state index contributed by atoms with van der Waals surface area (Å²) < 4.78 is 11.4. The number of nitrogens with one attached hydrogen (secondary N) is 1. The number of hydrogen-bond donors (Lipinski definition) is 1. The summed E-state index contributed by atoms with van der Waals surface area (Å²) in [7, 11) is 0. The van der Waals surface area contributed by atoms with Crippen molar-refractivity contribution in [1.29, 1.82) is 0 Å². The van der Waals surface area contributed by atoms with E-state index in [2.05, 4.69) is 38.7 Å². The smallest absolute Gasteiger partial charge is 0.130 e. The largest absolute Gasteiger partial charge is 0.462 e. The molecule has 3 nitrogen and oxygen atoms in total. The number of ether oxygens (including phenoxy) is 1. The van der Waals surface area contributed by atoms with Crippen LogP contribution in [-0.4, -0.2) is 13.2 Å².